The average Bonchev–Trinajstić information content (AvgIpc) is 2.19. The summed E-state index contributed by atoms with van der Waals surface area (Å²) in [6, 6.07) is 5.24. The molecule has 0 aliphatic heterocycles. The van der Waals surface area contributed by atoms with Crippen LogP contribution < -0.4 is 5.32 Å². The zero-order valence-electron chi connectivity index (χ0n) is 9.30. The quantitative estimate of drug-likeness (QED) is 0.738. The summed E-state index contributed by atoms with van der Waals surface area (Å²) in [6.45, 7) is 1.27. The number of phenolic OH excluding ortho intramolecular Hbond substituents is 1. The van der Waals surface area contributed by atoms with Crippen LogP contribution in [-0.2, 0) is 16.0 Å². The highest BCUT2D eigenvalue weighted by atomic mass is 32.1. The summed E-state index contributed by atoms with van der Waals surface area (Å²) in [7, 11) is 0. The zero-order chi connectivity index (χ0) is 12.1. The van der Waals surface area contributed by atoms with Gasteiger partial charge in [0.1, 0.15) is 11.8 Å². The molecule has 0 radical (unpaired) electrons. The molecule has 0 aromatic heterocycles. The van der Waals surface area contributed by atoms with Crippen LogP contribution in [-0.4, -0.2) is 28.1 Å². The van der Waals surface area contributed by atoms with E-state index in [2.05, 4.69) is 5.32 Å². The zero-order valence-corrected chi connectivity index (χ0v) is 10.3. The second-order valence-corrected chi connectivity index (χ2v) is 3.46. The Balaban J connectivity index is 0.00000256. The molecule has 0 heterocycles. The largest absolute Gasteiger partial charge is 0.508 e. The molecule has 1 rings (SSSR count). The summed E-state index contributed by atoms with van der Waals surface area (Å²) in [4.78, 5) is 21.6. The van der Waals surface area contributed by atoms with Gasteiger partial charge >= 0.3 is 5.97 Å². The van der Waals surface area contributed by atoms with Crippen molar-refractivity contribution in [3.8, 4) is 5.75 Å². The van der Waals surface area contributed by atoms with E-state index in [1.165, 1.54) is 19.1 Å². The smallest absolute Gasteiger partial charge is 0.326 e. The molecule has 1 amide bonds. The van der Waals surface area contributed by atoms with Gasteiger partial charge in [-0.25, -0.2) is 4.79 Å². The lowest BCUT2D eigenvalue weighted by Gasteiger charge is -2.13. The number of phenols is 1. The molecule has 0 spiro atoms. The second-order valence-electron chi connectivity index (χ2n) is 3.46. The lowest BCUT2D eigenvalue weighted by Crippen LogP contribution is -2.41. The van der Waals surface area contributed by atoms with E-state index in [0.717, 1.165) is 5.56 Å². The first-order chi connectivity index (χ1) is 7.49. The van der Waals surface area contributed by atoms with E-state index in [1.807, 2.05) is 0 Å². The van der Waals surface area contributed by atoms with Crippen molar-refractivity contribution >= 4 is 25.4 Å². The summed E-state index contributed by atoms with van der Waals surface area (Å²) in [6.07, 6.45) is 0.190. The van der Waals surface area contributed by atoms with Crippen LogP contribution in [0.1, 0.15) is 12.5 Å². The molecule has 1 aromatic carbocycles. The molecule has 94 valence electrons. The molecule has 6 heteroatoms. The van der Waals surface area contributed by atoms with Crippen molar-refractivity contribution in [2.75, 3.05) is 0 Å². The summed E-state index contributed by atoms with van der Waals surface area (Å²) in [5.74, 6) is -1.34. The minimum Gasteiger partial charge on any atom is -0.508 e. The second kappa shape index (κ2) is 6.80. The van der Waals surface area contributed by atoms with Gasteiger partial charge in [0.15, 0.2) is 0 Å². The normalized spacial score (nSPS) is 11.1. The third-order valence-corrected chi connectivity index (χ3v) is 2.05. The van der Waals surface area contributed by atoms with Gasteiger partial charge in [-0.05, 0) is 17.7 Å². The van der Waals surface area contributed by atoms with Gasteiger partial charge < -0.3 is 15.5 Å². The minimum absolute atomic E-state index is 0. The molecule has 0 saturated carbocycles. The third-order valence-electron chi connectivity index (χ3n) is 2.05. The van der Waals surface area contributed by atoms with Crippen LogP contribution in [0.3, 0.4) is 0 Å². The number of aromatic hydroxyl groups is 1. The van der Waals surface area contributed by atoms with E-state index < -0.39 is 12.0 Å². The number of hydrogen-bond donors (Lipinski definition) is 3. The Hall–Kier alpha value is -1.69. The Bertz CT molecular complexity index is 391. The molecule has 0 fully saturated rings. The maximum atomic E-state index is 10.8. The molecule has 0 unspecified atom stereocenters. The lowest BCUT2D eigenvalue weighted by molar-refractivity contribution is -0.141. The fourth-order valence-corrected chi connectivity index (χ4v) is 1.31. The summed E-state index contributed by atoms with van der Waals surface area (Å²) < 4.78 is 0. The van der Waals surface area contributed by atoms with Gasteiger partial charge in [-0.3, -0.25) is 4.79 Å². The Kier molecular flexibility index (Phi) is 6.12. The molecule has 1 aromatic rings. The van der Waals surface area contributed by atoms with Gasteiger partial charge in [0, 0.05) is 13.3 Å². The maximum absolute atomic E-state index is 10.8. The van der Waals surface area contributed by atoms with Crippen LogP contribution in [0.5, 0.6) is 5.75 Å². The van der Waals surface area contributed by atoms with Crippen molar-refractivity contribution in [1.29, 1.82) is 0 Å². The monoisotopic (exact) mass is 257 g/mol. The number of aliphatic carboxylic acids is 1. The highest BCUT2D eigenvalue weighted by Gasteiger charge is 2.18. The molecule has 0 saturated heterocycles. The van der Waals surface area contributed by atoms with Crippen LogP contribution in [0.25, 0.3) is 0 Å². The highest BCUT2D eigenvalue weighted by Crippen LogP contribution is 2.11. The molecule has 17 heavy (non-hydrogen) atoms. The predicted molar refractivity (Wildman–Crippen MR) is 67.4 cm³/mol. The summed E-state index contributed by atoms with van der Waals surface area (Å²) in [5, 5.41) is 20.3. The van der Waals surface area contributed by atoms with Crippen molar-refractivity contribution < 1.29 is 19.8 Å². The third kappa shape index (κ3) is 5.26. The van der Waals surface area contributed by atoms with Crippen molar-refractivity contribution in [2.24, 2.45) is 0 Å². The highest BCUT2D eigenvalue weighted by molar-refractivity contribution is 7.59. The predicted octanol–water partition coefficient (Wildman–Crippen LogP) is 0.637. The van der Waals surface area contributed by atoms with E-state index >= 15 is 0 Å². The number of benzene rings is 1. The number of carboxylic acids is 1. The van der Waals surface area contributed by atoms with Crippen molar-refractivity contribution in [1.82, 2.24) is 5.32 Å². The number of carbonyl (C=O) groups excluding carboxylic acids is 1. The standard InChI is InChI=1S/C11H13NO4.H2S/c1-7(13)12-10(11(15)16)6-8-2-4-9(14)5-3-8;/h2-5,10,14H,6H2,1H3,(H,12,13)(H,15,16);1H2/t10-;/m0./s1. The van der Waals surface area contributed by atoms with E-state index in [4.69, 9.17) is 10.2 Å². The first kappa shape index (κ1) is 15.3. The molecule has 0 aliphatic carbocycles. The van der Waals surface area contributed by atoms with Crippen LogP contribution in [0.2, 0.25) is 0 Å². The van der Waals surface area contributed by atoms with Crippen LogP contribution in [0.4, 0.5) is 0 Å². The number of nitrogens with one attached hydrogen (secondary N) is 1. The van der Waals surface area contributed by atoms with Gasteiger partial charge in [-0.2, -0.15) is 13.5 Å². The first-order valence-corrected chi connectivity index (χ1v) is 4.77. The number of hydrogen-bond acceptors (Lipinski definition) is 3. The molecule has 0 bridgehead atoms. The number of rotatable bonds is 4. The minimum atomic E-state index is -1.08. The number of amides is 1. The molecule has 1 atom stereocenters. The van der Waals surface area contributed by atoms with Crippen molar-refractivity contribution in [3.05, 3.63) is 29.8 Å². The van der Waals surface area contributed by atoms with Gasteiger partial charge in [-0.15, -0.1) is 0 Å². The maximum Gasteiger partial charge on any atom is 0.326 e. The van der Waals surface area contributed by atoms with Crippen LogP contribution >= 0.6 is 13.5 Å². The topological polar surface area (TPSA) is 86.6 Å². The number of carboxylic acid groups (broad SMARTS) is 1. The van der Waals surface area contributed by atoms with Gasteiger partial charge in [0.2, 0.25) is 5.91 Å². The molecular formula is C11H15NO4S. The Morgan fingerprint density at radius 1 is 1.29 bits per heavy atom. The molecule has 0 aliphatic rings. The van der Waals surface area contributed by atoms with E-state index in [9.17, 15) is 9.59 Å². The van der Waals surface area contributed by atoms with Gasteiger partial charge in [0.25, 0.3) is 0 Å². The van der Waals surface area contributed by atoms with Crippen LogP contribution in [0.15, 0.2) is 24.3 Å². The lowest BCUT2D eigenvalue weighted by atomic mass is 10.1. The van der Waals surface area contributed by atoms with Gasteiger partial charge in [0.05, 0.1) is 0 Å². The number of carbonyl (C=O) groups is 2. The average molecular weight is 257 g/mol. The first-order valence-electron chi connectivity index (χ1n) is 4.77. The molecule has 3 N–H and O–H groups in total. The fraction of sp³-hybridized carbons (Fsp3) is 0.273. The van der Waals surface area contributed by atoms with Crippen molar-refractivity contribution in [3.63, 3.8) is 0 Å². The van der Waals surface area contributed by atoms with Crippen LogP contribution in [0, 0.1) is 0 Å². The molecular weight excluding hydrogens is 242 g/mol. The Morgan fingerprint density at radius 3 is 2.24 bits per heavy atom. The van der Waals surface area contributed by atoms with E-state index in [-0.39, 0.29) is 31.6 Å². The Morgan fingerprint density at radius 2 is 1.82 bits per heavy atom. The summed E-state index contributed by atoms with van der Waals surface area (Å²) >= 11 is 0. The Labute approximate surface area is 106 Å². The van der Waals surface area contributed by atoms with Gasteiger partial charge in [-0.1, -0.05) is 12.1 Å². The molecule has 5 nitrogen and oxygen atoms in total. The fourth-order valence-electron chi connectivity index (χ4n) is 1.31. The van der Waals surface area contributed by atoms with Crippen molar-refractivity contribution in [2.45, 2.75) is 19.4 Å². The van der Waals surface area contributed by atoms with E-state index in [0.29, 0.717) is 0 Å². The SMILES string of the molecule is CC(=O)N[C@@H](Cc1ccc(O)cc1)C(=O)O.S. The summed E-state index contributed by atoms with van der Waals surface area (Å²) in [5.41, 5.74) is 0.735. The van der Waals surface area contributed by atoms with E-state index in [1.54, 1.807) is 12.1 Å².